The number of allylic oxidation sites excluding steroid dienone is 4. The Morgan fingerprint density at radius 3 is 1.97 bits per heavy atom. The molecule has 0 aromatic heterocycles. The highest BCUT2D eigenvalue weighted by molar-refractivity contribution is 7.86. The lowest BCUT2D eigenvalue weighted by Crippen LogP contribution is -2.33. The zero-order valence-electron chi connectivity index (χ0n) is 35.2. The highest BCUT2D eigenvalue weighted by Gasteiger charge is 2.48. The van der Waals surface area contributed by atoms with E-state index in [2.05, 4.69) is 4.74 Å². The van der Waals surface area contributed by atoms with Gasteiger partial charge in [0.2, 0.25) is 23.1 Å². The van der Waals surface area contributed by atoms with E-state index in [-0.39, 0.29) is 64.5 Å². The highest BCUT2D eigenvalue weighted by Crippen LogP contribution is 2.51. The summed E-state index contributed by atoms with van der Waals surface area (Å²) in [5.74, 6) is -10.6. The molecule has 64 heavy (non-hydrogen) atoms. The number of methoxy groups -OCH3 is 2. The quantitative estimate of drug-likeness (QED) is 0.0234. The minimum absolute atomic E-state index is 0.0172. The Kier molecular flexibility index (Phi) is 15.7. The maximum absolute atomic E-state index is 14.1. The third kappa shape index (κ3) is 11.1. The first-order chi connectivity index (χ1) is 29.9. The Hall–Kier alpha value is -4.55. The molecular formula is C42H46F4N2O13S3-2. The first kappa shape index (κ1) is 50.4. The molecule has 22 heteroatoms. The second-order valence-electron chi connectivity index (χ2n) is 15.7. The maximum Gasteiger partial charge on any atom is 0.311 e. The van der Waals surface area contributed by atoms with Crippen LogP contribution in [0.25, 0.3) is 0 Å². The van der Waals surface area contributed by atoms with Crippen molar-refractivity contribution in [1.82, 2.24) is 0 Å². The van der Waals surface area contributed by atoms with Crippen molar-refractivity contribution in [2.75, 3.05) is 51.2 Å². The van der Waals surface area contributed by atoms with Gasteiger partial charge >= 0.3 is 5.97 Å². The van der Waals surface area contributed by atoms with Gasteiger partial charge in [0.15, 0.2) is 23.9 Å². The average molecular weight is 959 g/mol. The number of ether oxygens (including phenoxy) is 3. The molecule has 350 valence electrons. The third-order valence-electron chi connectivity index (χ3n) is 11.5. The van der Waals surface area contributed by atoms with Crippen molar-refractivity contribution < 1.29 is 80.1 Å². The molecule has 2 aliphatic heterocycles. The number of hydrogen-bond donors (Lipinski definition) is 0. The number of halogens is 4. The molecule has 0 aliphatic carbocycles. The summed E-state index contributed by atoms with van der Waals surface area (Å²) in [5.41, 5.74) is 0.913. The van der Waals surface area contributed by atoms with Gasteiger partial charge in [0, 0.05) is 80.1 Å². The van der Waals surface area contributed by atoms with Crippen LogP contribution in [-0.2, 0) is 55.5 Å². The lowest BCUT2D eigenvalue weighted by atomic mass is 9.75. The van der Waals surface area contributed by atoms with Gasteiger partial charge in [-0.2, -0.15) is 13.4 Å². The first-order valence-electron chi connectivity index (χ1n) is 19.8. The molecule has 0 spiro atoms. The van der Waals surface area contributed by atoms with E-state index in [9.17, 15) is 61.3 Å². The van der Waals surface area contributed by atoms with Gasteiger partial charge in [0.05, 0.1) is 25.3 Å². The van der Waals surface area contributed by atoms with Gasteiger partial charge in [0.1, 0.15) is 26.8 Å². The van der Waals surface area contributed by atoms with Crippen LogP contribution in [0, 0.1) is 23.3 Å². The Labute approximate surface area is 369 Å². The number of esters is 1. The van der Waals surface area contributed by atoms with E-state index in [4.69, 9.17) is 9.47 Å². The number of fused-ring (bicyclic) bond motifs is 2. The molecule has 2 heterocycles. The minimum atomic E-state index is -4.92. The number of hydrogen-bond acceptors (Lipinski definition) is 14. The molecule has 0 fully saturated rings. The van der Waals surface area contributed by atoms with E-state index in [0.717, 1.165) is 6.07 Å². The highest BCUT2D eigenvalue weighted by atomic mass is 32.2. The molecule has 3 aromatic rings. The summed E-state index contributed by atoms with van der Waals surface area (Å²) in [6.45, 7) is 4.39. The van der Waals surface area contributed by atoms with Crippen molar-refractivity contribution in [3.8, 4) is 5.75 Å². The Morgan fingerprint density at radius 2 is 1.38 bits per heavy atom. The summed E-state index contributed by atoms with van der Waals surface area (Å²) in [7, 11) is -11.5. The van der Waals surface area contributed by atoms with E-state index in [1.54, 1.807) is 25.2 Å². The molecule has 5 rings (SSSR count). The number of carbonyl (C=O) groups is 1. The van der Waals surface area contributed by atoms with Crippen LogP contribution in [0.15, 0.2) is 76.2 Å². The molecule has 0 bridgehead atoms. The van der Waals surface area contributed by atoms with Crippen LogP contribution in [0.1, 0.15) is 69.9 Å². The van der Waals surface area contributed by atoms with Crippen molar-refractivity contribution >= 4 is 53.4 Å². The lowest BCUT2D eigenvalue weighted by molar-refractivity contribution is -0.441. The van der Waals surface area contributed by atoms with Crippen LogP contribution in [-0.4, -0.2) is 101 Å². The predicted octanol–water partition coefficient (Wildman–Crippen LogP) is 5.80. The standard InChI is InChI=1S/C42H48F4N2O13S3/c1-41(17-9-23-62(50,51)52)29-24-27(63(53,54)55)14-16-34(29)48(20-22-60-4)35(41)10-8-11-36-42(2,18-21-59-3)30-25-28(64(56,57)58)13-15-33(30)47(36)19-7-5-6-12-37(49)61-40-38(45)31(43)26-32(44)39(40)46/h8,10-11,13-16,24-26H,5-7,9,12,17-23H2,1-4H3,(H2-,50,51,52,53,54,55,56,57,58)/p-2. The molecule has 3 aromatic carbocycles. The van der Waals surface area contributed by atoms with E-state index in [0.29, 0.717) is 46.8 Å². The van der Waals surface area contributed by atoms with Crippen LogP contribution < -0.4 is 9.64 Å². The fourth-order valence-corrected chi connectivity index (χ4v) is 9.72. The molecule has 2 atom stereocenters. The summed E-state index contributed by atoms with van der Waals surface area (Å²) >= 11 is 0. The van der Waals surface area contributed by atoms with E-state index >= 15 is 0 Å². The molecule has 2 aliphatic rings. The Morgan fingerprint density at radius 1 is 0.766 bits per heavy atom. The summed E-state index contributed by atoms with van der Waals surface area (Å²) in [5, 5.41) is 0. The SMILES string of the molecule is COCC[N+]1=C(/C=C/C=C2/N(CCCCCC(=O)Oc3c(F)c(F)cc(F)c3F)c3ccc(S(=O)(=O)[O-])cc3C2(C)CCOC)C(C)(CCCS(=O)(=O)[O-])c2cc(S(=O)(=O)[O-])ccc21. The topological polar surface area (TPSA) is 223 Å². The number of benzene rings is 3. The number of rotatable bonds is 21. The fraction of sp³-hybridized carbons (Fsp3) is 0.429. The lowest BCUT2D eigenvalue weighted by Gasteiger charge is -2.30. The zero-order chi connectivity index (χ0) is 47.4. The number of carbonyl (C=O) groups excluding carboxylic acids is 1. The summed E-state index contributed by atoms with van der Waals surface area (Å²) < 4.78 is 181. The molecule has 0 saturated heterocycles. The molecule has 2 unspecified atom stereocenters. The molecule has 0 saturated carbocycles. The largest absolute Gasteiger partial charge is 0.748 e. The van der Waals surface area contributed by atoms with Gasteiger partial charge in [-0.1, -0.05) is 12.5 Å². The summed E-state index contributed by atoms with van der Waals surface area (Å²) in [4.78, 5) is 13.4. The maximum atomic E-state index is 14.1. The van der Waals surface area contributed by atoms with Crippen LogP contribution in [0.3, 0.4) is 0 Å². The number of nitrogens with zero attached hydrogens (tertiary/aromatic N) is 2. The van der Waals surface area contributed by atoms with Gasteiger partial charge < -0.3 is 32.8 Å². The molecule has 15 nitrogen and oxygen atoms in total. The van der Waals surface area contributed by atoms with Gasteiger partial charge in [0.25, 0.3) is 0 Å². The second kappa shape index (κ2) is 19.9. The van der Waals surface area contributed by atoms with Crippen LogP contribution in [0.5, 0.6) is 5.75 Å². The number of unbranched alkanes of at least 4 members (excludes halogenated alkanes) is 2. The van der Waals surface area contributed by atoms with Crippen molar-refractivity contribution in [2.45, 2.75) is 79.4 Å². The third-order valence-corrected chi connectivity index (χ3v) is 13.9. The van der Waals surface area contributed by atoms with E-state index in [1.807, 2.05) is 16.4 Å². The van der Waals surface area contributed by atoms with E-state index in [1.165, 1.54) is 44.6 Å². The smallest absolute Gasteiger partial charge is 0.311 e. The first-order valence-corrected chi connectivity index (χ1v) is 24.2. The van der Waals surface area contributed by atoms with Crippen molar-refractivity contribution in [3.63, 3.8) is 0 Å². The zero-order valence-corrected chi connectivity index (χ0v) is 37.6. The van der Waals surface area contributed by atoms with Crippen molar-refractivity contribution in [3.05, 3.63) is 101 Å². The van der Waals surface area contributed by atoms with Crippen LogP contribution >= 0.6 is 0 Å². The molecular weight excluding hydrogens is 913 g/mol. The predicted molar refractivity (Wildman–Crippen MR) is 220 cm³/mol. The van der Waals surface area contributed by atoms with Gasteiger partial charge in [-0.15, -0.1) is 0 Å². The van der Waals surface area contributed by atoms with Crippen LogP contribution in [0.4, 0.5) is 28.9 Å². The molecule has 0 amide bonds. The Bertz CT molecular complexity index is 2700. The minimum Gasteiger partial charge on any atom is -0.748 e. The van der Waals surface area contributed by atoms with Crippen molar-refractivity contribution in [2.24, 2.45) is 0 Å². The van der Waals surface area contributed by atoms with Gasteiger partial charge in [-0.05, 0) is 87.9 Å². The molecule has 0 N–H and O–H groups in total. The fourth-order valence-electron chi connectivity index (χ4n) is 8.23. The molecule has 0 radical (unpaired) electrons. The summed E-state index contributed by atoms with van der Waals surface area (Å²) in [6, 6.07) is 7.81. The van der Waals surface area contributed by atoms with Crippen LogP contribution in [0.2, 0.25) is 0 Å². The van der Waals surface area contributed by atoms with E-state index < -0.39 is 91.7 Å². The number of anilines is 1. The van der Waals surface area contributed by atoms with Gasteiger partial charge in [-0.25, -0.2) is 34.0 Å². The second-order valence-corrected chi connectivity index (χ2v) is 20.0. The van der Waals surface area contributed by atoms with Crippen molar-refractivity contribution in [1.29, 1.82) is 0 Å². The average Bonchev–Trinajstić information content (AvgIpc) is 3.58. The normalized spacial score (nSPS) is 19.5. The monoisotopic (exact) mass is 958 g/mol. The van der Waals surface area contributed by atoms with Gasteiger partial charge in [-0.3, -0.25) is 4.79 Å². The Balaban J connectivity index is 1.54. The summed E-state index contributed by atoms with van der Waals surface area (Å²) in [6.07, 6.45) is 5.76.